The van der Waals surface area contributed by atoms with Gasteiger partial charge >= 0.3 is 0 Å². The first-order valence-electron chi connectivity index (χ1n) is 8.11. The minimum atomic E-state index is -0.460. The van der Waals surface area contributed by atoms with Crippen molar-refractivity contribution in [3.63, 3.8) is 0 Å². The van der Waals surface area contributed by atoms with Crippen molar-refractivity contribution in [2.75, 3.05) is 23.3 Å². The van der Waals surface area contributed by atoms with Crippen molar-refractivity contribution in [2.45, 2.75) is 20.8 Å². The molecule has 130 valence electrons. The average molecular weight is 358 g/mol. The molecule has 0 fully saturated rings. The standard InChI is InChI=1S/C18H19FN4OS/c1-4-23(5-2)16-14-11(3)15(25-18(14)21-10-20-16)17(24)22-13-9-7-6-8-12(13)19/h6-10H,4-5H2,1-3H3,(H,22,24). The fraction of sp³-hybridized carbons (Fsp3) is 0.278. The molecule has 3 aromatic rings. The van der Waals surface area contributed by atoms with E-state index in [4.69, 9.17) is 0 Å². The third-order valence-corrected chi connectivity index (χ3v) is 5.30. The van der Waals surface area contributed by atoms with Gasteiger partial charge in [0.2, 0.25) is 0 Å². The second-order valence-electron chi connectivity index (χ2n) is 5.54. The number of aromatic nitrogens is 2. The highest BCUT2D eigenvalue weighted by molar-refractivity contribution is 7.20. The van der Waals surface area contributed by atoms with Crippen LogP contribution >= 0.6 is 11.3 Å². The third kappa shape index (κ3) is 3.19. The molecular weight excluding hydrogens is 339 g/mol. The molecule has 0 aliphatic carbocycles. The number of aryl methyl sites for hydroxylation is 1. The Bertz CT molecular complexity index is 921. The molecule has 7 heteroatoms. The Labute approximate surface area is 149 Å². The summed E-state index contributed by atoms with van der Waals surface area (Å²) in [5.74, 6) is 0.0306. The monoisotopic (exact) mass is 358 g/mol. The van der Waals surface area contributed by atoms with Gasteiger partial charge in [0.15, 0.2) is 0 Å². The molecule has 0 spiro atoms. The maximum absolute atomic E-state index is 13.8. The molecule has 25 heavy (non-hydrogen) atoms. The molecule has 0 radical (unpaired) electrons. The number of hydrogen-bond acceptors (Lipinski definition) is 5. The van der Waals surface area contributed by atoms with E-state index in [1.54, 1.807) is 12.1 Å². The molecule has 0 aliphatic rings. The van der Waals surface area contributed by atoms with E-state index in [-0.39, 0.29) is 11.6 Å². The van der Waals surface area contributed by atoms with Crippen LogP contribution in [0, 0.1) is 12.7 Å². The molecule has 5 nitrogen and oxygen atoms in total. The van der Waals surface area contributed by atoms with E-state index in [0.29, 0.717) is 4.88 Å². The van der Waals surface area contributed by atoms with E-state index in [2.05, 4.69) is 34.0 Å². The Morgan fingerprint density at radius 3 is 2.64 bits per heavy atom. The van der Waals surface area contributed by atoms with Gasteiger partial charge in [-0.3, -0.25) is 4.79 Å². The number of nitrogens with zero attached hydrogens (tertiary/aromatic N) is 3. The minimum Gasteiger partial charge on any atom is -0.357 e. The van der Waals surface area contributed by atoms with Gasteiger partial charge in [-0.2, -0.15) is 0 Å². The van der Waals surface area contributed by atoms with E-state index in [9.17, 15) is 9.18 Å². The number of hydrogen-bond donors (Lipinski definition) is 1. The van der Waals surface area contributed by atoms with Gasteiger partial charge in [-0.1, -0.05) is 12.1 Å². The normalized spacial score (nSPS) is 10.9. The van der Waals surface area contributed by atoms with Gasteiger partial charge in [0, 0.05) is 13.1 Å². The molecular formula is C18H19FN4OS. The van der Waals surface area contributed by atoms with E-state index >= 15 is 0 Å². The van der Waals surface area contributed by atoms with Crippen molar-refractivity contribution in [1.29, 1.82) is 0 Å². The van der Waals surface area contributed by atoms with Crippen LogP contribution in [0.25, 0.3) is 10.2 Å². The summed E-state index contributed by atoms with van der Waals surface area (Å²) in [5.41, 5.74) is 0.982. The highest BCUT2D eigenvalue weighted by atomic mass is 32.1. The fourth-order valence-electron chi connectivity index (χ4n) is 2.77. The number of rotatable bonds is 5. The zero-order valence-corrected chi connectivity index (χ0v) is 15.2. The zero-order valence-electron chi connectivity index (χ0n) is 14.3. The van der Waals surface area contributed by atoms with Crippen LogP contribution in [0.3, 0.4) is 0 Å². The largest absolute Gasteiger partial charge is 0.357 e. The van der Waals surface area contributed by atoms with Gasteiger partial charge in [0.1, 0.15) is 22.8 Å². The second kappa shape index (κ2) is 7.14. The lowest BCUT2D eigenvalue weighted by molar-refractivity contribution is 0.102. The maximum Gasteiger partial charge on any atom is 0.266 e. The van der Waals surface area contributed by atoms with Gasteiger partial charge in [0.05, 0.1) is 16.0 Å². The lowest BCUT2D eigenvalue weighted by Gasteiger charge is -2.20. The zero-order chi connectivity index (χ0) is 18.0. The summed E-state index contributed by atoms with van der Waals surface area (Å²) in [5, 5.41) is 3.52. The van der Waals surface area contributed by atoms with Gasteiger partial charge in [0.25, 0.3) is 5.91 Å². The molecule has 1 aromatic carbocycles. The first-order chi connectivity index (χ1) is 12.1. The van der Waals surface area contributed by atoms with Crippen molar-refractivity contribution in [1.82, 2.24) is 9.97 Å². The molecule has 0 atom stereocenters. The van der Waals surface area contributed by atoms with Crippen molar-refractivity contribution >= 4 is 39.0 Å². The second-order valence-corrected chi connectivity index (χ2v) is 6.54. The third-order valence-electron chi connectivity index (χ3n) is 4.10. The Balaban J connectivity index is 2.03. The molecule has 0 aliphatic heterocycles. The predicted octanol–water partition coefficient (Wildman–Crippen LogP) is 4.24. The molecule has 0 unspecified atom stereocenters. The number of anilines is 2. The van der Waals surface area contributed by atoms with Crippen LogP contribution in [0.1, 0.15) is 29.1 Å². The van der Waals surface area contributed by atoms with Crippen molar-refractivity contribution in [3.8, 4) is 0 Å². The van der Waals surface area contributed by atoms with Gasteiger partial charge in [-0.25, -0.2) is 14.4 Å². The molecule has 0 bridgehead atoms. The van der Waals surface area contributed by atoms with Gasteiger partial charge < -0.3 is 10.2 Å². The molecule has 1 N–H and O–H groups in total. The number of nitrogens with one attached hydrogen (secondary N) is 1. The number of carbonyl (C=O) groups excluding carboxylic acids is 1. The highest BCUT2D eigenvalue weighted by Gasteiger charge is 2.21. The quantitative estimate of drug-likeness (QED) is 0.741. The first kappa shape index (κ1) is 17.3. The molecule has 0 saturated heterocycles. The first-order valence-corrected chi connectivity index (χ1v) is 8.93. The topological polar surface area (TPSA) is 58.1 Å². The van der Waals surface area contributed by atoms with Crippen molar-refractivity contribution in [3.05, 3.63) is 46.9 Å². The smallest absolute Gasteiger partial charge is 0.266 e. The summed E-state index contributed by atoms with van der Waals surface area (Å²) in [6.07, 6.45) is 1.52. The number of carbonyl (C=O) groups is 1. The fourth-order valence-corrected chi connectivity index (χ4v) is 3.81. The Morgan fingerprint density at radius 2 is 1.96 bits per heavy atom. The number of benzene rings is 1. The van der Waals surface area contributed by atoms with Crippen LogP contribution in [0.2, 0.25) is 0 Å². The van der Waals surface area contributed by atoms with E-state index in [1.165, 1.54) is 29.8 Å². The van der Waals surface area contributed by atoms with E-state index < -0.39 is 5.82 Å². The van der Waals surface area contributed by atoms with E-state index in [0.717, 1.165) is 34.7 Å². The molecule has 2 aromatic heterocycles. The molecule has 3 rings (SSSR count). The van der Waals surface area contributed by atoms with Crippen LogP contribution in [0.15, 0.2) is 30.6 Å². The average Bonchev–Trinajstić information content (AvgIpc) is 2.96. The Kier molecular flexibility index (Phi) is 4.94. The van der Waals surface area contributed by atoms with Crippen LogP contribution in [-0.2, 0) is 0 Å². The number of amides is 1. The number of thiophene rings is 1. The number of fused-ring (bicyclic) bond motifs is 1. The van der Waals surface area contributed by atoms with Gasteiger partial charge in [-0.05, 0) is 38.5 Å². The molecule has 0 saturated carbocycles. The van der Waals surface area contributed by atoms with E-state index in [1.807, 2.05) is 6.92 Å². The lowest BCUT2D eigenvalue weighted by Crippen LogP contribution is -2.23. The summed E-state index contributed by atoms with van der Waals surface area (Å²) >= 11 is 1.30. The maximum atomic E-state index is 13.8. The Hall–Kier alpha value is -2.54. The summed E-state index contributed by atoms with van der Waals surface area (Å²) in [6, 6.07) is 6.12. The summed E-state index contributed by atoms with van der Waals surface area (Å²) in [7, 11) is 0. The summed E-state index contributed by atoms with van der Waals surface area (Å²) in [4.78, 5) is 24.8. The number of halogens is 1. The molecule has 1 amide bonds. The predicted molar refractivity (Wildman–Crippen MR) is 100 cm³/mol. The minimum absolute atomic E-state index is 0.166. The van der Waals surface area contributed by atoms with Crippen molar-refractivity contribution < 1.29 is 9.18 Å². The SMILES string of the molecule is CCN(CC)c1ncnc2sc(C(=O)Nc3ccccc3F)c(C)c12. The Morgan fingerprint density at radius 1 is 1.24 bits per heavy atom. The summed E-state index contributed by atoms with van der Waals surface area (Å²) < 4.78 is 13.8. The van der Waals surface area contributed by atoms with Crippen LogP contribution in [0.5, 0.6) is 0 Å². The van der Waals surface area contributed by atoms with Crippen LogP contribution < -0.4 is 10.2 Å². The highest BCUT2D eigenvalue weighted by Crippen LogP contribution is 2.35. The molecule has 2 heterocycles. The van der Waals surface area contributed by atoms with Gasteiger partial charge in [-0.15, -0.1) is 11.3 Å². The van der Waals surface area contributed by atoms with Crippen LogP contribution in [-0.4, -0.2) is 29.0 Å². The van der Waals surface area contributed by atoms with Crippen molar-refractivity contribution in [2.24, 2.45) is 0 Å². The lowest BCUT2D eigenvalue weighted by atomic mass is 10.2. The van der Waals surface area contributed by atoms with Crippen LogP contribution in [0.4, 0.5) is 15.9 Å². The summed E-state index contributed by atoms with van der Waals surface area (Å²) in [6.45, 7) is 7.63. The number of para-hydroxylation sites is 1.